The molecule has 1 saturated heterocycles. The van der Waals surface area contributed by atoms with Crippen LogP contribution in [-0.2, 0) is 16.1 Å². The van der Waals surface area contributed by atoms with Gasteiger partial charge in [-0.3, -0.25) is 14.4 Å². The molecule has 7 heteroatoms. The number of pyridine rings is 1. The second-order valence-electron chi connectivity index (χ2n) is 7.05. The fourth-order valence-corrected chi connectivity index (χ4v) is 3.97. The number of H-pyrrole nitrogens is 1. The molecule has 0 bridgehead atoms. The zero-order valence-electron chi connectivity index (χ0n) is 15.7. The van der Waals surface area contributed by atoms with E-state index in [4.69, 9.17) is 0 Å². The number of hydrogen-bond donors (Lipinski definition) is 0. The average molecular weight is 468 g/mol. The summed E-state index contributed by atoms with van der Waals surface area (Å²) in [6, 6.07) is 15.1. The first-order valence-electron chi connectivity index (χ1n) is 9.31. The third kappa shape index (κ3) is 3.80. The lowest BCUT2D eigenvalue weighted by molar-refractivity contribution is -0.378. The van der Waals surface area contributed by atoms with E-state index in [0.717, 1.165) is 10.0 Å². The number of carbonyl (C=O) groups excluding carboxylic acids is 3. The van der Waals surface area contributed by atoms with Crippen molar-refractivity contribution in [1.29, 1.82) is 0 Å². The molecule has 0 radical (unpaired) electrons. The molecule has 1 fully saturated rings. The fraction of sp³-hybridized carbons (Fsp3) is 0.130. The van der Waals surface area contributed by atoms with Crippen LogP contribution in [0.15, 0.2) is 77.5 Å². The number of amides is 1. The van der Waals surface area contributed by atoms with E-state index in [0.29, 0.717) is 5.56 Å². The summed E-state index contributed by atoms with van der Waals surface area (Å²) in [5.74, 6) is -3.63. The molecule has 4 rings (SSSR count). The van der Waals surface area contributed by atoms with Crippen LogP contribution in [0.5, 0.6) is 0 Å². The van der Waals surface area contributed by atoms with E-state index in [1.165, 1.54) is 29.2 Å². The van der Waals surface area contributed by atoms with Crippen molar-refractivity contribution < 1.29 is 23.8 Å². The van der Waals surface area contributed by atoms with Crippen molar-refractivity contribution in [2.75, 3.05) is 0 Å². The Kier molecular flexibility index (Phi) is 5.55. The molecule has 3 aromatic rings. The average Bonchev–Trinajstić information content (AvgIpc) is 3.00. The molecule has 2 unspecified atom stereocenters. The monoisotopic (exact) mass is 467 g/mol. The van der Waals surface area contributed by atoms with Crippen LogP contribution in [0.4, 0.5) is 4.39 Å². The Balaban J connectivity index is 1.77. The number of likely N-dealkylation sites (tertiary alicyclic amines) is 1. The second-order valence-corrected chi connectivity index (χ2v) is 7.97. The number of rotatable bonds is 5. The summed E-state index contributed by atoms with van der Waals surface area (Å²) in [4.78, 5) is 43.5. The number of hydrogen-bond acceptors (Lipinski definition) is 3. The highest BCUT2D eigenvalue weighted by Crippen LogP contribution is 2.39. The summed E-state index contributed by atoms with van der Waals surface area (Å²) >= 11 is 3.38. The van der Waals surface area contributed by atoms with Crippen LogP contribution in [0.1, 0.15) is 27.5 Å². The molecule has 2 heterocycles. The van der Waals surface area contributed by atoms with Gasteiger partial charge in [0.15, 0.2) is 18.2 Å². The number of ketones is 2. The highest BCUT2D eigenvalue weighted by Gasteiger charge is 2.51. The van der Waals surface area contributed by atoms with E-state index in [9.17, 15) is 18.8 Å². The lowest BCUT2D eigenvalue weighted by Crippen LogP contribution is -2.30. The molecule has 5 nitrogen and oxygen atoms in total. The quantitative estimate of drug-likeness (QED) is 0.327. The van der Waals surface area contributed by atoms with Crippen molar-refractivity contribution >= 4 is 33.4 Å². The first kappa shape index (κ1) is 20.1. The van der Waals surface area contributed by atoms with Crippen molar-refractivity contribution in [1.82, 2.24) is 4.90 Å². The van der Waals surface area contributed by atoms with E-state index in [2.05, 4.69) is 20.9 Å². The van der Waals surface area contributed by atoms with Gasteiger partial charge in [0, 0.05) is 21.7 Å². The Morgan fingerprint density at radius 1 is 1.03 bits per heavy atom. The maximum absolute atomic E-state index is 13.3. The number of Topliss-reactive ketones (excluding diaryl/α,β-unsaturated/α-hetero) is 2. The molecule has 0 saturated carbocycles. The van der Waals surface area contributed by atoms with Crippen LogP contribution in [0, 0.1) is 11.7 Å². The molecule has 2 atom stereocenters. The Bertz CT molecular complexity index is 1100. The van der Waals surface area contributed by atoms with E-state index >= 15 is 0 Å². The highest BCUT2D eigenvalue weighted by molar-refractivity contribution is 9.10. The van der Waals surface area contributed by atoms with Gasteiger partial charge in [-0.1, -0.05) is 28.1 Å². The Labute approximate surface area is 180 Å². The fourth-order valence-electron chi connectivity index (χ4n) is 3.71. The zero-order valence-corrected chi connectivity index (χ0v) is 17.3. The third-order valence-electron chi connectivity index (χ3n) is 5.15. The molecule has 1 aliphatic rings. The van der Waals surface area contributed by atoms with Crippen LogP contribution in [-0.4, -0.2) is 22.4 Å². The van der Waals surface area contributed by atoms with Crippen molar-refractivity contribution in [2.45, 2.75) is 12.6 Å². The van der Waals surface area contributed by atoms with Gasteiger partial charge in [-0.15, -0.1) is 0 Å². The SMILES string of the molecule is O=C1C(=O)N(Cc2ccc[nH+]c2)C(c2ccc(Br)cc2)C1C(=O)c1ccc(F)cc1. The standard InChI is InChI=1S/C23H16BrFN2O3/c24-17-7-3-15(4-8-17)20-19(21(28)16-5-9-18(25)10-6-16)22(29)23(30)27(20)13-14-2-1-11-26-12-14/h1-12,19-20H,13H2/p+1. The van der Waals surface area contributed by atoms with Crippen molar-refractivity contribution in [2.24, 2.45) is 5.92 Å². The van der Waals surface area contributed by atoms with Crippen LogP contribution >= 0.6 is 15.9 Å². The van der Waals surface area contributed by atoms with Crippen molar-refractivity contribution in [3.05, 3.63) is 100 Å². The summed E-state index contributed by atoms with van der Waals surface area (Å²) in [7, 11) is 0. The molecule has 1 aromatic heterocycles. The number of aromatic amines is 1. The summed E-state index contributed by atoms with van der Waals surface area (Å²) in [6.07, 6.45) is 3.49. The summed E-state index contributed by atoms with van der Waals surface area (Å²) in [5, 5.41) is 0. The molecule has 2 aromatic carbocycles. The number of carbonyl (C=O) groups is 3. The maximum atomic E-state index is 13.3. The Morgan fingerprint density at radius 2 is 1.73 bits per heavy atom. The largest absolute Gasteiger partial charge is 0.323 e. The Morgan fingerprint density at radius 3 is 2.37 bits per heavy atom. The van der Waals surface area contributed by atoms with Crippen LogP contribution < -0.4 is 4.98 Å². The summed E-state index contributed by atoms with van der Waals surface area (Å²) < 4.78 is 14.1. The summed E-state index contributed by atoms with van der Waals surface area (Å²) in [5.41, 5.74) is 1.67. The Hall–Kier alpha value is -3.19. The molecule has 0 aliphatic carbocycles. The second kappa shape index (κ2) is 8.28. The van der Waals surface area contributed by atoms with Crippen LogP contribution in [0.3, 0.4) is 0 Å². The molecular formula is C23H17BrFN2O3+. The maximum Gasteiger partial charge on any atom is 0.291 e. The third-order valence-corrected chi connectivity index (χ3v) is 5.68. The molecule has 0 spiro atoms. The summed E-state index contributed by atoms with van der Waals surface area (Å²) in [6.45, 7) is 0.176. The molecule has 1 aliphatic heterocycles. The van der Waals surface area contributed by atoms with Gasteiger partial charge in [0.2, 0.25) is 5.78 Å². The van der Waals surface area contributed by atoms with Gasteiger partial charge >= 0.3 is 0 Å². The molecule has 150 valence electrons. The molecule has 1 N–H and O–H groups in total. The van der Waals surface area contributed by atoms with E-state index in [1.54, 1.807) is 42.7 Å². The van der Waals surface area contributed by atoms with Crippen LogP contribution in [0.2, 0.25) is 0 Å². The van der Waals surface area contributed by atoms with Crippen molar-refractivity contribution in [3.8, 4) is 0 Å². The lowest BCUT2D eigenvalue weighted by Gasteiger charge is -2.27. The normalized spacial score (nSPS) is 18.7. The minimum atomic E-state index is -1.20. The number of benzene rings is 2. The molecular weight excluding hydrogens is 451 g/mol. The van der Waals surface area contributed by atoms with Gasteiger partial charge in [-0.2, -0.15) is 0 Å². The number of nitrogens with one attached hydrogen (secondary N) is 1. The highest BCUT2D eigenvalue weighted by atomic mass is 79.9. The molecule has 30 heavy (non-hydrogen) atoms. The smallest absolute Gasteiger partial charge is 0.291 e. The lowest BCUT2D eigenvalue weighted by atomic mass is 9.86. The first-order valence-corrected chi connectivity index (χ1v) is 10.1. The number of nitrogens with zero attached hydrogens (tertiary/aromatic N) is 1. The van der Waals surface area contributed by atoms with E-state index in [1.807, 2.05) is 6.07 Å². The predicted molar refractivity (Wildman–Crippen MR) is 110 cm³/mol. The van der Waals surface area contributed by atoms with Gasteiger partial charge in [0.05, 0.1) is 12.6 Å². The van der Waals surface area contributed by atoms with E-state index in [-0.39, 0.29) is 12.1 Å². The van der Waals surface area contributed by atoms with Crippen molar-refractivity contribution in [3.63, 3.8) is 0 Å². The van der Waals surface area contributed by atoms with Crippen LogP contribution in [0.25, 0.3) is 0 Å². The van der Waals surface area contributed by atoms with Gasteiger partial charge in [-0.25, -0.2) is 9.37 Å². The minimum absolute atomic E-state index is 0.176. The van der Waals surface area contributed by atoms with Gasteiger partial charge in [0.1, 0.15) is 11.7 Å². The first-order chi connectivity index (χ1) is 14.5. The topological polar surface area (TPSA) is 68.6 Å². The minimum Gasteiger partial charge on any atom is -0.323 e. The van der Waals surface area contributed by atoms with Gasteiger partial charge in [0.25, 0.3) is 5.91 Å². The zero-order chi connectivity index (χ0) is 21.3. The van der Waals surface area contributed by atoms with E-state index < -0.39 is 35.3 Å². The predicted octanol–water partition coefficient (Wildman–Crippen LogP) is 3.55. The van der Waals surface area contributed by atoms with Gasteiger partial charge < -0.3 is 4.90 Å². The number of aromatic nitrogens is 1. The molecule has 1 amide bonds. The van der Waals surface area contributed by atoms with Gasteiger partial charge in [-0.05, 0) is 48.0 Å². The number of halogens is 2.